The van der Waals surface area contributed by atoms with E-state index < -0.39 is 34.3 Å². The SMILES string of the molecule is CCS(=O)(=O)N(CC(=O)N(Cc1ccccc1F)[C@H](Cc1ccccc1)C(=O)NC1CCCC1)c1ccc2c(c1)OCO2. The lowest BCUT2D eigenvalue weighted by Gasteiger charge is -2.34. The maximum absolute atomic E-state index is 15.0. The van der Waals surface area contributed by atoms with Crippen LogP contribution >= 0.6 is 0 Å². The number of benzene rings is 3. The highest BCUT2D eigenvalue weighted by Gasteiger charge is 2.35. The number of halogens is 1. The fourth-order valence-electron chi connectivity index (χ4n) is 5.49. The number of carbonyl (C=O) groups excluding carboxylic acids is 2. The summed E-state index contributed by atoms with van der Waals surface area (Å²) in [4.78, 5) is 29.5. The second kappa shape index (κ2) is 13.5. The van der Waals surface area contributed by atoms with Gasteiger partial charge in [-0.3, -0.25) is 13.9 Å². The van der Waals surface area contributed by atoms with Crippen LogP contribution in [0.2, 0.25) is 0 Å². The molecular weight excluding hydrogens is 573 g/mol. The molecule has 1 fully saturated rings. The van der Waals surface area contributed by atoms with Crippen LogP contribution in [0.15, 0.2) is 72.8 Å². The maximum Gasteiger partial charge on any atom is 0.244 e. The van der Waals surface area contributed by atoms with Gasteiger partial charge in [-0.2, -0.15) is 0 Å². The number of rotatable bonds is 12. The smallest absolute Gasteiger partial charge is 0.244 e. The molecule has 3 aromatic carbocycles. The standard InChI is InChI=1S/C32H36FN3O6S/c1-2-43(39,40)36(26-16-17-29-30(19-26)42-22-41-29)21-31(37)35(20-24-12-6-9-15-27(24)33)28(18-23-10-4-3-5-11-23)32(38)34-25-13-7-8-14-25/h3-6,9-12,15-17,19,25,28H,2,7-8,13-14,18,20-22H2,1H3,(H,34,38)/t28-/m1/s1. The van der Waals surface area contributed by atoms with Crippen molar-refractivity contribution in [2.24, 2.45) is 0 Å². The Kier molecular flexibility index (Phi) is 9.49. The lowest BCUT2D eigenvalue weighted by molar-refractivity contribution is -0.140. The van der Waals surface area contributed by atoms with E-state index >= 15 is 0 Å². The quantitative estimate of drug-likeness (QED) is 0.326. The molecule has 1 aliphatic heterocycles. The van der Waals surface area contributed by atoms with Gasteiger partial charge in [0.2, 0.25) is 28.6 Å². The van der Waals surface area contributed by atoms with Crippen LogP contribution in [0.1, 0.15) is 43.7 Å². The van der Waals surface area contributed by atoms with Gasteiger partial charge in [0.1, 0.15) is 18.4 Å². The topological polar surface area (TPSA) is 105 Å². The number of nitrogens with zero attached hydrogens (tertiary/aromatic N) is 2. The molecule has 0 radical (unpaired) electrons. The normalized spacial score (nSPS) is 15.2. The molecular formula is C32H36FN3O6S. The summed E-state index contributed by atoms with van der Waals surface area (Å²) < 4.78 is 53.5. The summed E-state index contributed by atoms with van der Waals surface area (Å²) in [6.45, 7) is 0.685. The Balaban J connectivity index is 1.52. The molecule has 3 aromatic rings. The molecule has 43 heavy (non-hydrogen) atoms. The number of hydrogen-bond acceptors (Lipinski definition) is 6. The second-order valence-electron chi connectivity index (χ2n) is 10.8. The molecule has 1 aliphatic carbocycles. The number of carbonyl (C=O) groups is 2. The average Bonchev–Trinajstić information content (AvgIpc) is 3.70. The van der Waals surface area contributed by atoms with E-state index in [0.717, 1.165) is 35.6 Å². The Hall–Kier alpha value is -4.12. The van der Waals surface area contributed by atoms with Gasteiger partial charge in [0.05, 0.1) is 11.4 Å². The fourth-order valence-corrected chi connectivity index (χ4v) is 6.55. The lowest BCUT2D eigenvalue weighted by atomic mass is 10.0. The van der Waals surface area contributed by atoms with E-state index in [4.69, 9.17) is 9.47 Å². The van der Waals surface area contributed by atoms with E-state index in [1.807, 2.05) is 30.3 Å². The summed E-state index contributed by atoms with van der Waals surface area (Å²) in [5.41, 5.74) is 1.25. The maximum atomic E-state index is 15.0. The van der Waals surface area contributed by atoms with Crippen LogP contribution in [0, 0.1) is 5.82 Å². The van der Waals surface area contributed by atoms with Gasteiger partial charge in [-0.15, -0.1) is 0 Å². The summed E-state index contributed by atoms with van der Waals surface area (Å²) in [5.74, 6) is -0.950. The van der Waals surface area contributed by atoms with Crippen molar-refractivity contribution in [1.82, 2.24) is 10.2 Å². The van der Waals surface area contributed by atoms with E-state index in [1.54, 1.807) is 30.3 Å². The van der Waals surface area contributed by atoms with Crippen molar-refractivity contribution in [2.45, 2.75) is 57.7 Å². The zero-order valence-electron chi connectivity index (χ0n) is 24.1. The van der Waals surface area contributed by atoms with Crippen LogP contribution in [0.4, 0.5) is 10.1 Å². The third kappa shape index (κ3) is 7.27. The van der Waals surface area contributed by atoms with Crippen LogP contribution in [0.5, 0.6) is 11.5 Å². The van der Waals surface area contributed by atoms with E-state index in [0.29, 0.717) is 11.5 Å². The molecule has 5 rings (SSSR count). The first-order valence-corrected chi connectivity index (χ1v) is 16.1. The van der Waals surface area contributed by atoms with E-state index in [9.17, 15) is 22.4 Å². The summed E-state index contributed by atoms with van der Waals surface area (Å²) >= 11 is 0. The molecule has 0 aromatic heterocycles. The van der Waals surface area contributed by atoms with Crippen LogP contribution in [0.3, 0.4) is 0 Å². The van der Waals surface area contributed by atoms with Gasteiger partial charge in [-0.25, -0.2) is 12.8 Å². The molecule has 0 spiro atoms. The van der Waals surface area contributed by atoms with Crippen molar-refractivity contribution in [3.63, 3.8) is 0 Å². The molecule has 0 bridgehead atoms. The first-order chi connectivity index (χ1) is 20.7. The summed E-state index contributed by atoms with van der Waals surface area (Å²) in [6.07, 6.45) is 3.87. The van der Waals surface area contributed by atoms with Crippen LogP contribution in [0.25, 0.3) is 0 Å². The lowest BCUT2D eigenvalue weighted by Crippen LogP contribution is -2.54. The van der Waals surface area contributed by atoms with Crippen molar-refractivity contribution in [2.75, 3.05) is 23.4 Å². The van der Waals surface area contributed by atoms with Gasteiger partial charge in [-0.1, -0.05) is 61.4 Å². The van der Waals surface area contributed by atoms with Crippen molar-refractivity contribution in [1.29, 1.82) is 0 Å². The molecule has 1 N–H and O–H groups in total. The second-order valence-corrected chi connectivity index (χ2v) is 12.9. The molecule has 9 nitrogen and oxygen atoms in total. The van der Waals surface area contributed by atoms with Gasteiger partial charge >= 0.3 is 0 Å². The molecule has 2 aliphatic rings. The molecule has 0 unspecified atom stereocenters. The molecule has 1 heterocycles. The molecule has 1 atom stereocenters. The third-order valence-corrected chi connectivity index (χ3v) is 9.64. The predicted molar refractivity (Wildman–Crippen MR) is 161 cm³/mol. The number of ether oxygens (including phenoxy) is 2. The summed E-state index contributed by atoms with van der Waals surface area (Å²) in [6, 6.07) is 19.0. The number of amides is 2. The molecule has 0 saturated heterocycles. The molecule has 2 amide bonds. The van der Waals surface area contributed by atoms with Gasteiger partial charge in [0.25, 0.3) is 0 Å². The number of hydrogen-bond donors (Lipinski definition) is 1. The molecule has 1 saturated carbocycles. The highest BCUT2D eigenvalue weighted by atomic mass is 32.2. The van der Waals surface area contributed by atoms with Crippen molar-refractivity contribution in [3.05, 3.63) is 89.7 Å². The Morgan fingerprint density at radius 1 is 0.977 bits per heavy atom. The van der Waals surface area contributed by atoms with Crippen LogP contribution in [-0.4, -0.2) is 56.3 Å². The molecule has 11 heteroatoms. The van der Waals surface area contributed by atoms with Crippen molar-refractivity contribution >= 4 is 27.5 Å². The highest BCUT2D eigenvalue weighted by Crippen LogP contribution is 2.36. The summed E-state index contributed by atoms with van der Waals surface area (Å²) in [7, 11) is -3.95. The predicted octanol–water partition coefficient (Wildman–Crippen LogP) is 4.41. The van der Waals surface area contributed by atoms with Gasteiger partial charge in [0.15, 0.2) is 11.5 Å². The van der Waals surface area contributed by atoms with E-state index in [1.165, 1.54) is 24.0 Å². The zero-order chi connectivity index (χ0) is 30.4. The van der Waals surface area contributed by atoms with Crippen molar-refractivity contribution < 1.29 is 31.9 Å². The van der Waals surface area contributed by atoms with Crippen LogP contribution in [-0.2, 0) is 32.6 Å². The van der Waals surface area contributed by atoms with Crippen LogP contribution < -0.4 is 19.1 Å². The largest absolute Gasteiger partial charge is 0.454 e. The Bertz CT molecular complexity index is 1550. The zero-order valence-corrected chi connectivity index (χ0v) is 24.9. The molecule has 228 valence electrons. The van der Waals surface area contributed by atoms with Gasteiger partial charge in [-0.05, 0) is 43.5 Å². The van der Waals surface area contributed by atoms with Gasteiger partial charge < -0.3 is 19.7 Å². The third-order valence-electron chi connectivity index (χ3n) is 7.89. The van der Waals surface area contributed by atoms with Gasteiger partial charge in [0, 0.05) is 30.6 Å². The van der Waals surface area contributed by atoms with E-state index in [-0.39, 0.29) is 48.7 Å². The Morgan fingerprint density at radius 3 is 2.40 bits per heavy atom. The average molecular weight is 610 g/mol. The first kappa shape index (κ1) is 30.3. The minimum atomic E-state index is -3.95. The number of anilines is 1. The number of nitrogens with one attached hydrogen (secondary N) is 1. The number of sulfonamides is 1. The van der Waals surface area contributed by atoms with E-state index in [2.05, 4.69) is 5.32 Å². The minimum absolute atomic E-state index is 0.00589. The van der Waals surface area contributed by atoms with Crippen molar-refractivity contribution in [3.8, 4) is 11.5 Å². The fraction of sp³-hybridized carbons (Fsp3) is 0.375. The minimum Gasteiger partial charge on any atom is -0.454 e. The highest BCUT2D eigenvalue weighted by molar-refractivity contribution is 7.92. The first-order valence-electron chi connectivity index (χ1n) is 14.5. The Morgan fingerprint density at radius 2 is 1.67 bits per heavy atom. The Labute approximate surface area is 251 Å². The number of fused-ring (bicyclic) bond motifs is 1. The summed E-state index contributed by atoms with van der Waals surface area (Å²) in [5, 5.41) is 3.10. The monoisotopic (exact) mass is 609 g/mol.